The van der Waals surface area contributed by atoms with E-state index >= 15 is 0 Å². The van der Waals surface area contributed by atoms with Gasteiger partial charge in [-0.25, -0.2) is 0 Å². The third-order valence-electron chi connectivity index (χ3n) is 2.42. The van der Waals surface area contributed by atoms with Crippen LogP contribution in [-0.4, -0.2) is 11.4 Å². The van der Waals surface area contributed by atoms with Gasteiger partial charge in [0.25, 0.3) is 0 Å². The number of benzene rings is 1. The minimum atomic E-state index is -0.216. The van der Waals surface area contributed by atoms with E-state index in [1.54, 1.807) is 11.8 Å². The van der Waals surface area contributed by atoms with Gasteiger partial charge in [0.1, 0.15) is 0 Å². The Morgan fingerprint density at radius 2 is 2.33 bits per heavy atom. The summed E-state index contributed by atoms with van der Waals surface area (Å²) in [6.07, 6.45) is 3.80. The first-order chi connectivity index (χ1) is 5.83. The van der Waals surface area contributed by atoms with E-state index in [1.807, 2.05) is 12.1 Å². The van der Waals surface area contributed by atoms with E-state index in [0.717, 1.165) is 18.4 Å². The molecule has 1 N–H and O–H groups in total. The van der Waals surface area contributed by atoms with Gasteiger partial charge in [0.15, 0.2) is 0 Å². The van der Waals surface area contributed by atoms with Crippen LogP contribution in [0.15, 0.2) is 23.1 Å². The first kappa shape index (κ1) is 8.14. The van der Waals surface area contributed by atoms with Gasteiger partial charge in [-0.15, -0.1) is 11.8 Å². The number of thioether (sulfide) groups is 1. The minimum Gasteiger partial charge on any atom is -0.388 e. The Labute approximate surface area is 76.8 Å². The number of aliphatic hydroxyl groups is 1. The highest BCUT2D eigenvalue weighted by Crippen LogP contribution is 2.36. The molecule has 1 atom stereocenters. The molecule has 0 heterocycles. The molecule has 2 heteroatoms. The Balaban J connectivity index is 2.50. The fourth-order valence-electron chi connectivity index (χ4n) is 1.79. The van der Waals surface area contributed by atoms with Crippen LogP contribution in [0.1, 0.15) is 23.7 Å². The first-order valence-electron chi connectivity index (χ1n) is 4.17. The van der Waals surface area contributed by atoms with Gasteiger partial charge in [-0.3, -0.25) is 0 Å². The van der Waals surface area contributed by atoms with Crippen LogP contribution < -0.4 is 0 Å². The van der Waals surface area contributed by atoms with E-state index in [1.165, 1.54) is 10.5 Å². The largest absolute Gasteiger partial charge is 0.388 e. The third-order valence-corrected chi connectivity index (χ3v) is 3.24. The topological polar surface area (TPSA) is 20.2 Å². The van der Waals surface area contributed by atoms with Crippen molar-refractivity contribution in [1.82, 2.24) is 0 Å². The fourth-order valence-corrected chi connectivity index (χ4v) is 2.47. The molecule has 0 saturated heterocycles. The Morgan fingerprint density at radius 1 is 1.50 bits per heavy atom. The lowest BCUT2D eigenvalue weighted by atomic mass is 10.1. The van der Waals surface area contributed by atoms with E-state index in [0.29, 0.717) is 0 Å². The molecular weight excluding hydrogens is 168 g/mol. The van der Waals surface area contributed by atoms with Crippen LogP contribution in [0.4, 0.5) is 0 Å². The lowest BCUT2D eigenvalue weighted by Crippen LogP contribution is -1.90. The summed E-state index contributed by atoms with van der Waals surface area (Å²) in [6.45, 7) is 0. The maximum Gasteiger partial charge on any atom is 0.0796 e. The molecule has 0 spiro atoms. The van der Waals surface area contributed by atoms with Gasteiger partial charge in [0.2, 0.25) is 0 Å². The van der Waals surface area contributed by atoms with Crippen molar-refractivity contribution in [2.24, 2.45) is 0 Å². The third kappa shape index (κ3) is 1.15. The predicted molar refractivity (Wildman–Crippen MR) is 51.5 cm³/mol. The molecule has 1 aromatic rings. The number of hydrogen-bond acceptors (Lipinski definition) is 2. The second-order valence-corrected chi connectivity index (χ2v) is 3.93. The lowest BCUT2D eigenvalue weighted by Gasteiger charge is -2.06. The summed E-state index contributed by atoms with van der Waals surface area (Å²) in [5.41, 5.74) is 2.50. The van der Waals surface area contributed by atoms with Crippen molar-refractivity contribution >= 4 is 11.8 Å². The summed E-state index contributed by atoms with van der Waals surface area (Å²) < 4.78 is 0. The average Bonchev–Trinajstić information content (AvgIpc) is 2.48. The van der Waals surface area contributed by atoms with Crippen LogP contribution >= 0.6 is 11.8 Å². The molecule has 0 saturated carbocycles. The Morgan fingerprint density at radius 3 is 3.08 bits per heavy atom. The fraction of sp³-hybridized carbons (Fsp3) is 0.400. The number of hydrogen-bond donors (Lipinski definition) is 1. The highest BCUT2D eigenvalue weighted by Gasteiger charge is 2.21. The summed E-state index contributed by atoms with van der Waals surface area (Å²) >= 11 is 1.77. The summed E-state index contributed by atoms with van der Waals surface area (Å²) in [7, 11) is 0. The van der Waals surface area contributed by atoms with Crippen molar-refractivity contribution in [1.29, 1.82) is 0 Å². The first-order valence-corrected chi connectivity index (χ1v) is 5.39. The average molecular weight is 180 g/mol. The second-order valence-electron chi connectivity index (χ2n) is 3.08. The molecule has 1 aromatic carbocycles. The van der Waals surface area contributed by atoms with Crippen molar-refractivity contribution in [2.45, 2.75) is 23.8 Å². The predicted octanol–water partition coefficient (Wildman–Crippen LogP) is 2.39. The van der Waals surface area contributed by atoms with Crippen LogP contribution in [0.25, 0.3) is 0 Å². The zero-order valence-electron chi connectivity index (χ0n) is 7.08. The van der Waals surface area contributed by atoms with Gasteiger partial charge in [-0.05, 0) is 36.3 Å². The molecule has 2 rings (SSSR count). The van der Waals surface area contributed by atoms with Crippen LogP contribution in [0.2, 0.25) is 0 Å². The van der Waals surface area contributed by atoms with E-state index < -0.39 is 0 Å². The van der Waals surface area contributed by atoms with E-state index in [2.05, 4.69) is 12.3 Å². The maximum atomic E-state index is 9.59. The molecule has 0 radical (unpaired) electrons. The summed E-state index contributed by atoms with van der Waals surface area (Å²) in [6, 6.07) is 6.19. The van der Waals surface area contributed by atoms with Crippen molar-refractivity contribution in [3.63, 3.8) is 0 Å². The molecule has 0 aliphatic heterocycles. The zero-order chi connectivity index (χ0) is 8.55. The number of rotatable bonds is 1. The highest BCUT2D eigenvalue weighted by molar-refractivity contribution is 7.98. The molecule has 1 unspecified atom stereocenters. The molecule has 64 valence electrons. The van der Waals surface area contributed by atoms with Gasteiger partial charge >= 0.3 is 0 Å². The van der Waals surface area contributed by atoms with Crippen molar-refractivity contribution < 1.29 is 5.11 Å². The Bertz CT molecular complexity index is 296. The summed E-state index contributed by atoms with van der Waals surface area (Å²) in [5, 5.41) is 9.59. The van der Waals surface area contributed by atoms with Gasteiger partial charge < -0.3 is 5.11 Å². The van der Waals surface area contributed by atoms with Crippen LogP contribution in [0, 0.1) is 0 Å². The minimum absolute atomic E-state index is 0.216. The molecule has 1 aliphatic carbocycles. The second kappa shape index (κ2) is 3.11. The van der Waals surface area contributed by atoms with Crippen LogP contribution in [-0.2, 0) is 6.42 Å². The molecule has 0 amide bonds. The van der Waals surface area contributed by atoms with Gasteiger partial charge in [-0.2, -0.15) is 0 Å². The standard InChI is InChI=1S/C10H12OS/c1-12-10-4-2-3-7-8(10)5-6-9(7)11/h2-4,9,11H,5-6H2,1H3. The quantitative estimate of drug-likeness (QED) is 0.670. The SMILES string of the molecule is CSc1cccc2c1CCC2O. The molecule has 0 bridgehead atoms. The smallest absolute Gasteiger partial charge is 0.0796 e. The molecular formula is C10H12OS. The van der Waals surface area contributed by atoms with Crippen molar-refractivity contribution in [3.05, 3.63) is 29.3 Å². The zero-order valence-corrected chi connectivity index (χ0v) is 7.90. The summed E-state index contributed by atoms with van der Waals surface area (Å²) in [5.74, 6) is 0. The van der Waals surface area contributed by atoms with Gasteiger partial charge in [0.05, 0.1) is 6.10 Å². The van der Waals surface area contributed by atoms with E-state index in [-0.39, 0.29) is 6.10 Å². The summed E-state index contributed by atoms with van der Waals surface area (Å²) in [4.78, 5) is 1.32. The molecule has 1 aliphatic rings. The number of fused-ring (bicyclic) bond motifs is 1. The molecule has 1 nitrogen and oxygen atoms in total. The van der Waals surface area contributed by atoms with E-state index in [4.69, 9.17) is 0 Å². The lowest BCUT2D eigenvalue weighted by molar-refractivity contribution is 0.180. The Kier molecular flexibility index (Phi) is 2.11. The van der Waals surface area contributed by atoms with Crippen molar-refractivity contribution in [3.8, 4) is 0 Å². The maximum absolute atomic E-state index is 9.59. The Hall–Kier alpha value is -0.470. The van der Waals surface area contributed by atoms with Gasteiger partial charge in [-0.1, -0.05) is 12.1 Å². The molecule has 12 heavy (non-hydrogen) atoms. The van der Waals surface area contributed by atoms with E-state index in [9.17, 15) is 5.11 Å². The normalized spacial score (nSPS) is 21.0. The monoisotopic (exact) mass is 180 g/mol. The highest BCUT2D eigenvalue weighted by atomic mass is 32.2. The molecule has 0 aromatic heterocycles. The van der Waals surface area contributed by atoms with Crippen molar-refractivity contribution in [2.75, 3.05) is 6.26 Å². The van der Waals surface area contributed by atoms with Crippen LogP contribution in [0.3, 0.4) is 0 Å². The van der Waals surface area contributed by atoms with Crippen LogP contribution in [0.5, 0.6) is 0 Å². The number of aliphatic hydroxyl groups excluding tert-OH is 1. The molecule has 0 fully saturated rings. The van der Waals surface area contributed by atoms with Gasteiger partial charge in [0, 0.05) is 4.90 Å².